The number of aromatic nitrogens is 3. The number of nitrogens with one attached hydrogen (secondary N) is 4. The number of fused-ring (bicyclic) bond motifs is 1. The second-order valence-corrected chi connectivity index (χ2v) is 8.87. The van der Waals surface area contributed by atoms with Crippen LogP contribution in [0.5, 0.6) is 0 Å². The Morgan fingerprint density at radius 2 is 1.58 bits per heavy atom. The maximum absolute atomic E-state index is 13.0. The third kappa shape index (κ3) is 4.03. The van der Waals surface area contributed by atoms with Crippen LogP contribution in [0, 0.1) is 6.92 Å². The summed E-state index contributed by atoms with van der Waals surface area (Å²) < 4.78 is 28.4. The fourth-order valence-corrected chi connectivity index (χ4v) is 4.74. The number of H-pyrrole nitrogens is 3. The van der Waals surface area contributed by atoms with Gasteiger partial charge in [0.25, 0.3) is 10.0 Å². The van der Waals surface area contributed by atoms with Crippen molar-refractivity contribution in [3.05, 3.63) is 90.3 Å². The van der Waals surface area contributed by atoms with Crippen LogP contribution in [-0.4, -0.2) is 23.4 Å². The van der Waals surface area contributed by atoms with Crippen LogP contribution in [0.3, 0.4) is 0 Å². The van der Waals surface area contributed by atoms with Crippen molar-refractivity contribution in [1.82, 2.24) is 15.0 Å². The second-order valence-electron chi connectivity index (χ2n) is 6.81. The first kappa shape index (κ1) is 20.6. The molecule has 2 aromatic heterocycles. The van der Waals surface area contributed by atoms with Gasteiger partial charge in [-0.2, -0.15) is 0 Å². The molecule has 0 saturated heterocycles. The van der Waals surface area contributed by atoms with Crippen LogP contribution in [-0.2, 0) is 10.0 Å². The fourth-order valence-electron chi connectivity index (χ4n) is 3.14. The fraction of sp³-hybridized carbons (Fsp3) is 0.0500. The predicted octanol–water partition coefficient (Wildman–Crippen LogP) is 2.33. The molecule has 11 heteroatoms. The maximum atomic E-state index is 13.0. The molecule has 2 aromatic carbocycles. The van der Waals surface area contributed by atoms with Crippen LogP contribution in [0.1, 0.15) is 5.56 Å². The third-order valence-electron chi connectivity index (χ3n) is 4.62. The Labute approximate surface area is 179 Å². The smallest absolute Gasteiger partial charge is 0.314 e. The summed E-state index contributed by atoms with van der Waals surface area (Å²) in [7, 11) is -4.03. The molecule has 0 spiro atoms. The van der Waals surface area contributed by atoms with E-state index in [2.05, 4.69) is 19.7 Å². The molecule has 0 bridgehead atoms. The molecule has 31 heavy (non-hydrogen) atoms. The zero-order chi connectivity index (χ0) is 22.3. The van der Waals surface area contributed by atoms with Crippen molar-refractivity contribution in [2.45, 2.75) is 11.8 Å². The highest BCUT2D eigenvalue weighted by molar-refractivity contribution is 7.92. The Kier molecular flexibility index (Phi) is 5.03. The van der Waals surface area contributed by atoms with Gasteiger partial charge in [-0.3, -0.25) is 19.1 Å². The van der Waals surface area contributed by atoms with Crippen molar-refractivity contribution >= 4 is 38.3 Å². The van der Waals surface area contributed by atoms with Gasteiger partial charge >= 0.3 is 11.1 Å². The maximum Gasteiger partial charge on any atom is 0.314 e. The number of aromatic amines is 3. The van der Waals surface area contributed by atoms with Gasteiger partial charge in [0.1, 0.15) is 0 Å². The van der Waals surface area contributed by atoms with Gasteiger partial charge in [-0.05, 0) is 48.4 Å². The first-order chi connectivity index (χ1) is 14.6. The van der Waals surface area contributed by atoms with Gasteiger partial charge in [-0.1, -0.05) is 17.7 Å². The van der Waals surface area contributed by atoms with Gasteiger partial charge in [0, 0.05) is 17.8 Å². The minimum Gasteiger partial charge on any atom is -0.328 e. The van der Waals surface area contributed by atoms with E-state index in [0.29, 0.717) is 22.2 Å². The third-order valence-corrected chi connectivity index (χ3v) is 6.46. The molecule has 0 fully saturated rings. The van der Waals surface area contributed by atoms with Crippen LogP contribution < -0.4 is 21.4 Å². The number of aryl methyl sites for hydroxylation is 1. The Morgan fingerprint density at radius 3 is 2.19 bits per heavy atom. The summed E-state index contributed by atoms with van der Waals surface area (Å²) in [5.41, 5.74) is 0.435. The first-order valence-corrected chi connectivity index (χ1v) is 10.8. The standard InChI is InChI=1S/C20H15ClN4O5S/c1-10-6-15-16(24-20(28)19(27)23-15)8-17(10)31(29,30)25-12-3-4-13(14(21)7-12)11-2-5-18(26)22-9-11/h2-9,25H,1H3,(H,22,26)(H,23,27)(H,24,28). The first-order valence-electron chi connectivity index (χ1n) is 8.92. The lowest BCUT2D eigenvalue weighted by Gasteiger charge is -2.13. The van der Waals surface area contributed by atoms with Crippen LogP contribution >= 0.6 is 11.6 Å². The molecule has 0 amide bonds. The summed E-state index contributed by atoms with van der Waals surface area (Å²) >= 11 is 6.32. The zero-order valence-electron chi connectivity index (χ0n) is 15.9. The minimum atomic E-state index is -4.03. The summed E-state index contributed by atoms with van der Waals surface area (Å²) in [6.07, 6.45) is 1.51. The van der Waals surface area contributed by atoms with Gasteiger partial charge in [-0.15, -0.1) is 0 Å². The molecule has 0 aliphatic rings. The number of rotatable bonds is 4. The van der Waals surface area contributed by atoms with E-state index < -0.39 is 21.1 Å². The molecule has 4 aromatic rings. The van der Waals surface area contributed by atoms with E-state index in [-0.39, 0.29) is 26.7 Å². The highest BCUT2D eigenvalue weighted by atomic mass is 35.5. The van der Waals surface area contributed by atoms with Crippen LogP contribution in [0.25, 0.3) is 22.2 Å². The summed E-state index contributed by atoms with van der Waals surface area (Å²) in [5.74, 6) is 0. The summed E-state index contributed by atoms with van der Waals surface area (Å²) in [4.78, 5) is 41.5. The Balaban J connectivity index is 1.71. The van der Waals surface area contributed by atoms with Gasteiger partial charge in [0.2, 0.25) is 5.56 Å². The predicted molar refractivity (Wildman–Crippen MR) is 118 cm³/mol. The van der Waals surface area contributed by atoms with E-state index >= 15 is 0 Å². The molecule has 158 valence electrons. The number of anilines is 1. The summed E-state index contributed by atoms with van der Waals surface area (Å²) in [6.45, 7) is 1.57. The molecule has 0 aliphatic carbocycles. The van der Waals surface area contributed by atoms with E-state index in [9.17, 15) is 22.8 Å². The van der Waals surface area contributed by atoms with E-state index in [0.717, 1.165) is 0 Å². The van der Waals surface area contributed by atoms with Crippen LogP contribution in [0.4, 0.5) is 5.69 Å². The Morgan fingerprint density at radius 1 is 0.903 bits per heavy atom. The molecular weight excluding hydrogens is 444 g/mol. The molecule has 9 nitrogen and oxygen atoms in total. The second kappa shape index (κ2) is 7.56. The average Bonchev–Trinajstić information content (AvgIpc) is 2.69. The molecule has 4 N–H and O–H groups in total. The lowest BCUT2D eigenvalue weighted by atomic mass is 10.1. The number of hydrogen-bond donors (Lipinski definition) is 4. The molecule has 0 atom stereocenters. The summed E-state index contributed by atoms with van der Waals surface area (Å²) in [5, 5.41) is 0.282. The molecule has 0 saturated carbocycles. The van der Waals surface area contributed by atoms with Crippen molar-refractivity contribution in [3.8, 4) is 11.1 Å². The van der Waals surface area contributed by atoms with Crippen molar-refractivity contribution in [2.75, 3.05) is 4.72 Å². The van der Waals surface area contributed by atoms with Crippen molar-refractivity contribution in [1.29, 1.82) is 0 Å². The highest BCUT2D eigenvalue weighted by Gasteiger charge is 2.19. The van der Waals surface area contributed by atoms with E-state index in [1.807, 2.05) is 0 Å². The van der Waals surface area contributed by atoms with Gasteiger partial charge in [0.15, 0.2) is 0 Å². The van der Waals surface area contributed by atoms with Gasteiger partial charge in [-0.25, -0.2) is 8.42 Å². The Hall–Kier alpha value is -3.63. The van der Waals surface area contributed by atoms with Crippen molar-refractivity contribution < 1.29 is 8.42 Å². The van der Waals surface area contributed by atoms with E-state index in [1.54, 1.807) is 25.1 Å². The number of pyridine rings is 1. The molecule has 0 unspecified atom stereocenters. The molecule has 4 rings (SSSR count). The number of halogens is 1. The minimum absolute atomic E-state index is 0.0662. The Bertz CT molecular complexity index is 1600. The SMILES string of the molecule is Cc1cc2[nH]c(=O)c(=O)[nH]c2cc1S(=O)(=O)Nc1ccc(-c2ccc(=O)[nH]c2)c(Cl)c1. The number of benzene rings is 2. The molecule has 2 heterocycles. The molecular formula is C20H15ClN4O5S. The van der Waals surface area contributed by atoms with E-state index in [4.69, 9.17) is 11.6 Å². The normalized spacial score (nSPS) is 11.5. The van der Waals surface area contributed by atoms with E-state index in [1.165, 1.54) is 30.5 Å². The van der Waals surface area contributed by atoms with Crippen LogP contribution in [0.15, 0.2) is 67.9 Å². The summed E-state index contributed by atoms with van der Waals surface area (Å²) in [6, 6.07) is 10.3. The zero-order valence-corrected chi connectivity index (χ0v) is 17.5. The van der Waals surface area contributed by atoms with Crippen molar-refractivity contribution in [3.63, 3.8) is 0 Å². The molecule has 0 aliphatic heterocycles. The monoisotopic (exact) mass is 458 g/mol. The van der Waals surface area contributed by atoms with Gasteiger partial charge in [0.05, 0.1) is 26.6 Å². The number of sulfonamides is 1. The molecule has 0 radical (unpaired) electrons. The van der Waals surface area contributed by atoms with Crippen LogP contribution in [0.2, 0.25) is 5.02 Å². The van der Waals surface area contributed by atoms with Gasteiger partial charge < -0.3 is 15.0 Å². The quantitative estimate of drug-likeness (QED) is 0.347. The number of hydrogen-bond acceptors (Lipinski definition) is 5. The average molecular weight is 459 g/mol. The topological polar surface area (TPSA) is 145 Å². The highest BCUT2D eigenvalue weighted by Crippen LogP contribution is 2.31. The van der Waals surface area contributed by atoms with Crippen molar-refractivity contribution in [2.24, 2.45) is 0 Å². The largest absolute Gasteiger partial charge is 0.328 e. The lowest BCUT2D eigenvalue weighted by molar-refractivity contribution is 0.600. The lowest BCUT2D eigenvalue weighted by Crippen LogP contribution is -2.29.